The first-order valence-corrected chi connectivity index (χ1v) is 22.8. The zero-order chi connectivity index (χ0) is 43.8. The molecule has 0 heterocycles. The molecule has 0 aromatic heterocycles. The zero-order valence-electron chi connectivity index (χ0n) is 36.4. The first-order chi connectivity index (χ1) is 32.7. The monoisotopic (exact) mass is 836 g/mol. The lowest BCUT2D eigenvalue weighted by molar-refractivity contribution is 1.56. The third kappa shape index (κ3) is 7.25. The molecule has 0 aliphatic rings. The molecule has 0 bridgehead atoms. The summed E-state index contributed by atoms with van der Waals surface area (Å²) in [6.07, 6.45) is 0. The quantitative estimate of drug-likeness (QED) is 0.134. The molecular formula is C66H44. The summed E-state index contributed by atoms with van der Waals surface area (Å²) >= 11 is 0. The third-order valence-electron chi connectivity index (χ3n) is 13.2. The Bertz CT molecular complexity index is 3350. The molecule has 0 N–H and O–H groups in total. The highest BCUT2D eigenvalue weighted by Gasteiger charge is 2.18. The van der Waals surface area contributed by atoms with Crippen LogP contribution in [0.25, 0.3) is 121 Å². The van der Waals surface area contributed by atoms with Crippen LogP contribution in [-0.2, 0) is 0 Å². The minimum atomic E-state index is 1.19. The normalized spacial score (nSPS) is 11.3. The second-order valence-electron chi connectivity index (χ2n) is 17.2. The van der Waals surface area contributed by atoms with Crippen LogP contribution in [0, 0.1) is 0 Å². The molecule has 0 atom stereocenters. The minimum absolute atomic E-state index is 1.19. The van der Waals surface area contributed by atoms with Crippen LogP contribution in [0.1, 0.15) is 0 Å². The second-order valence-corrected chi connectivity index (χ2v) is 17.2. The lowest BCUT2D eigenvalue weighted by atomic mass is 9.85. The van der Waals surface area contributed by atoms with Crippen molar-refractivity contribution in [2.45, 2.75) is 0 Å². The molecule has 0 radical (unpaired) electrons. The number of fused-ring (bicyclic) bond motifs is 6. The third-order valence-corrected chi connectivity index (χ3v) is 13.2. The second kappa shape index (κ2) is 16.8. The fourth-order valence-corrected chi connectivity index (χ4v) is 10.0. The molecule has 0 fully saturated rings. The van der Waals surface area contributed by atoms with Gasteiger partial charge in [0.1, 0.15) is 0 Å². The van der Waals surface area contributed by atoms with Crippen LogP contribution >= 0.6 is 0 Å². The Balaban J connectivity index is 1.05. The van der Waals surface area contributed by atoms with Gasteiger partial charge in [0.2, 0.25) is 0 Å². The Morgan fingerprint density at radius 1 is 0.136 bits per heavy atom. The molecule has 308 valence electrons. The molecule has 0 aliphatic heterocycles. The minimum Gasteiger partial charge on any atom is -0.0622 e. The van der Waals surface area contributed by atoms with E-state index in [0.717, 1.165) is 0 Å². The highest BCUT2D eigenvalue weighted by Crippen LogP contribution is 2.46. The molecular weight excluding hydrogens is 793 g/mol. The van der Waals surface area contributed by atoms with E-state index < -0.39 is 0 Å². The summed E-state index contributed by atoms with van der Waals surface area (Å²) in [5.41, 5.74) is 19.2. The predicted molar refractivity (Wildman–Crippen MR) is 282 cm³/mol. The summed E-state index contributed by atoms with van der Waals surface area (Å²) in [6, 6.07) is 97.9. The molecule has 12 aromatic carbocycles. The average Bonchev–Trinajstić information content (AvgIpc) is 3.41. The summed E-state index contributed by atoms with van der Waals surface area (Å²) in [4.78, 5) is 0. The number of hydrogen-bond acceptors (Lipinski definition) is 0. The van der Waals surface area contributed by atoms with Gasteiger partial charge in [-0.1, -0.05) is 218 Å². The zero-order valence-corrected chi connectivity index (χ0v) is 36.4. The van der Waals surface area contributed by atoms with Crippen molar-refractivity contribution in [3.05, 3.63) is 267 Å². The van der Waals surface area contributed by atoms with E-state index >= 15 is 0 Å². The van der Waals surface area contributed by atoms with Gasteiger partial charge in [-0.05, 0) is 170 Å². The van der Waals surface area contributed by atoms with Crippen molar-refractivity contribution in [1.82, 2.24) is 0 Å². The summed E-state index contributed by atoms with van der Waals surface area (Å²) in [7, 11) is 0. The Hall–Kier alpha value is -8.58. The van der Waals surface area contributed by atoms with Crippen LogP contribution in [0.3, 0.4) is 0 Å². The van der Waals surface area contributed by atoms with Crippen LogP contribution in [-0.4, -0.2) is 0 Å². The molecule has 12 aromatic rings. The Morgan fingerprint density at radius 3 is 0.697 bits per heavy atom. The van der Waals surface area contributed by atoms with Crippen molar-refractivity contribution < 1.29 is 0 Å². The van der Waals surface area contributed by atoms with E-state index in [1.54, 1.807) is 0 Å². The molecule has 66 heavy (non-hydrogen) atoms. The summed E-state index contributed by atoms with van der Waals surface area (Å²) in [5.74, 6) is 0. The van der Waals surface area contributed by atoms with Gasteiger partial charge in [-0.15, -0.1) is 0 Å². The van der Waals surface area contributed by atoms with Gasteiger partial charge in [0, 0.05) is 0 Å². The van der Waals surface area contributed by atoms with Gasteiger partial charge in [0.25, 0.3) is 0 Å². The maximum atomic E-state index is 2.39. The van der Waals surface area contributed by atoms with Gasteiger partial charge in [-0.3, -0.25) is 0 Å². The number of rotatable bonds is 8. The Morgan fingerprint density at radius 2 is 0.364 bits per heavy atom. The highest BCUT2D eigenvalue weighted by molar-refractivity contribution is 6.31. The van der Waals surface area contributed by atoms with Crippen LogP contribution in [0.15, 0.2) is 267 Å². The smallest absolute Gasteiger partial charge is 0.00141 e. The van der Waals surface area contributed by atoms with Crippen LogP contribution < -0.4 is 0 Å². The number of benzene rings is 12. The van der Waals surface area contributed by atoms with E-state index in [2.05, 4.69) is 267 Å². The van der Waals surface area contributed by atoms with Crippen LogP contribution in [0.5, 0.6) is 0 Å². The van der Waals surface area contributed by atoms with Crippen molar-refractivity contribution in [1.29, 1.82) is 0 Å². The maximum absolute atomic E-state index is 2.39. The fourth-order valence-electron chi connectivity index (χ4n) is 10.0. The molecule has 0 saturated heterocycles. The first kappa shape index (κ1) is 39.0. The van der Waals surface area contributed by atoms with Gasteiger partial charge in [-0.2, -0.15) is 0 Å². The number of hydrogen-bond donors (Lipinski definition) is 0. The standard InChI is InChI=1S/C66H44/c1-5-19-45(20-6-1)53-39-54(46-21-7-2-8-22-46)42-57(41-53)49-27-15-29-51(37-49)59-33-17-35-63-61-31-13-14-32-62(61)64-36-18-34-60(66(64)65(59)63)52-30-16-28-50(38-52)58-43-55(47-23-9-3-10-24-47)40-56(44-58)48-25-11-4-12-26-48/h1-44H. The first-order valence-electron chi connectivity index (χ1n) is 22.8. The molecule has 0 saturated carbocycles. The van der Waals surface area contributed by atoms with Crippen LogP contribution in [0.2, 0.25) is 0 Å². The van der Waals surface area contributed by atoms with E-state index in [4.69, 9.17) is 0 Å². The van der Waals surface area contributed by atoms with E-state index in [0.29, 0.717) is 0 Å². The lowest BCUT2D eigenvalue weighted by Gasteiger charge is -2.18. The van der Waals surface area contributed by atoms with E-state index in [9.17, 15) is 0 Å². The molecule has 0 nitrogen and oxygen atoms in total. The van der Waals surface area contributed by atoms with Crippen molar-refractivity contribution in [2.75, 3.05) is 0 Å². The average molecular weight is 837 g/mol. The molecule has 12 rings (SSSR count). The SMILES string of the molecule is c1ccc(-c2cc(-c3ccccc3)cc(-c3cccc(-c4cccc5c6ccccc6c6cccc(-c7cccc(-c8cc(-c9ccccc9)cc(-c9ccccc9)c8)c7)c6c45)c3)c2)cc1. The summed E-state index contributed by atoms with van der Waals surface area (Å²) in [5, 5.41) is 7.57. The van der Waals surface area contributed by atoms with Crippen molar-refractivity contribution in [2.24, 2.45) is 0 Å². The Labute approximate surface area is 386 Å². The lowest BCUT2D eigenvalue weighted by Crippen LogP contribution is -1.91. The van der Waals surface area contributed by atoms with E-state index in [1.807, 2.05) is 0 Å². The van der Waals surface area contributed by atoms with Gasteiger partial charge in [0.05, 0.1) is 0 Å². The maximum Gasteiger partial charge on any atom is -0.00141 e. The largest absolute Gasteiger partial charge is 0.0622 e. The van der Waals surface area contributed by atoms with Gasteiger partial charge >= 0.3 is 0 Å². The molecule has 0 unspecified atom stereocenters. The van der Waals surface area contributed by atoms with Crippen molar-refractivity contribution in [3.63, 3.8) is 0 Å². The molecule has 0 aliphatic carbocycles. The summed E-state index contributed by atoms with van der Waals surface area (Å²) < 4.78 is 0. The molecule has 0 spiro atoms. The summed E-state index contributed by atoms with van der Waals surface area (Å²) in [6.45, 7) is 0. The highest BCUT2D eigenvalue weighted by atomic mass is 14.2. The van der Waals surface area contributed by atoms with Gasteiger partial charge in [0.15, 0.2) is 0 Å². The topological polar surface area (TPSA) is 0 Å². The van der Waals surface area contributed by atoms with E-state index in [-0.39, 0.29) is 0 Å². The molecule has 0 heteroatoms. The predicted octanol–water partition coefficient (Wildman–Crippen LogP) is 18.5. The fraction of sp³-hybridized carbons (Fsp3) is 0. The van der Waals surface area contributed by atoms with Crippen molar-refractivity contribution >= 4 is 32.3 Å². The Kier molecular flexibility index (Phi) is 9.97. The van der Waals surface area contributed by atoms with Gasteiger partial charge < -0.3 is 0 Å². The van der Waals surface area contributed by atoms with E-state index in [1.165, 1.54) is 121 Å². The molecule has 0 amide bonds. The van der Waals surface area contributed by atoms with Gasteiger partial charge in [-0.25, -0.2) is 0 Å². The van der Waals surface area contributed by atoms with Crippen LogP contribution in [0.4, 0.5) is 0 Å². The van der Waals surface area contributed by atoms with Crippen molar-refractivity contribution in [3.8, 4) is 89.0 Å².